The summed E-state index contributed by atoms with van der Waals surface area (Å²) in [6, 6.07) is 9.69. The van der Waals surface area contributed by atoms with Crippen LogP contribution in [0.5, 0.6) is 0 Å². The molecule has 2 aromatic rings. The second-order valence-corrected chi connectivity index (χ2v) is 10.9. The number of benzene rings is 1. The number of aromatic carboxylic acids is 1. The fraction of sp³-hybridized carbons (Fsp3) is 0.450. The number of hydrogen-bond acceptors (Lipinski definition) is 4. The van der Waals surface area contributed by atoms with E-state index in [0.717, 1.165) is 41.7 Å². The minimum atomic E-state index is -3.18. The van der Waals surface area contributed by atoms with Crippen LogP contribution in [-0.2, 0) is 9.09 Å². The lowest BCUT2D eigenvalue weighted by atomic mass is 9.91. The Morgan fingerprint density at radius 3 is 2.41 bits per heavy atom. The molecule has 1 aliphatic carbocycles. The van der Waals surface area contributed by atoms with Crippen LogP contribution < -0.4 is 5.09 Å². The molecule has 1 atom stereocenters. The lowest BCUT2D eigenvalue weighted by Gasteiger charge is -2.32. The van der Waals surface area contributed by atoms with Crippen molar-refractivity contribution in [2.75, 3.05) is 12.2 Å². The number of aryl methyl sites for hydroxylation is 1. The largest absolute Gasteiger partial charge is 0.477 e. The number of anilines is 1. The van der Waals surface area contributed by atoms with Gasteiger partial charge in [0, 0.05) is 12.0 Å². The molecule has 5 nitrogen and oxygen atoms in total. The maximum absolute atomic E-state index is 13.5. The van der Waals surface area contributed by atoms with Crippen molar-refractivity contribution in [3.8, 4) is 10.4 Å². The van der Waals surface area contributed by atoms with Crippen LogP contribution in [0.4, 0.5) is 5.69 Å². The Balaban J connectivity index is 1.91. The molecule has 0 spiro atoms. The number of carboxylic acid groups (broad SMARTS) is 1. The van der Waals surface area contributed by atoms with E-state index in [1.807, 2.05) is 31.2 Å². The van der Waals surface area contributed by atoms with Gasteiger partial charge in [0.1, 0.15) is 4.88 Å². The molecule has 0 saturated heterocycles. The van der Waals surface area contributed by atoms with E-state index in [4.69, 9.17) is 4.52 Å². The zero-order valence-electron chi connectivity index (χ0n) is 15.9. The van der Waals surface area contributed by atoms with Gasteiger partial charge in [0.2, 0.25) is 0 Å². The molecule has 0 bridgehead atoms. The van der Waals surface area contributed by atoms with Gasteiger partial charge in [0.25, 0.3) is 7.52 Å². The monoisotopic (exact) mass is 407 g/mol. The van der Waals surface area contributed by atoms with Gasteiger partial charge in [0.05, 0.1) is 11.3 Å². The standard InChI is InChI=1S/C20H26NO4PS/c1-13-4-8-15(9-5-13)18-12-17(19(27-18)20(22)23)21-26(24,25-3)16-10-6-14(2)7-11-16/h4-5,8-9,12,14,16H,6-7,10-11H2,1-3H3,(H,21,24)(H,22,23). The van der Waals surface area contributed by atoms with Gasteiger partial charge in [0.15, 0.2) is 0 Å². The summed E-state index contributed by atoms with van der Waals surface area (Å²) in [5.74, 6) is -0.392. The predicted octanol–water partition coefficient (Wildman–Crippen LogP) is 6.25. The second-order valence-electron chi connectivity index (χ2n) is 7.33. The fourth-order valence-corrected chi connectivity index (χ4v) is 6.62. The summed E-state index contributed by atoms with van der Waals surface area (Å²) >= 11 is 1.19. The van der Waals surface area contributed by atoms with Gasteiger partial charge in [-0.1, -0.05) is 36.8 Å². The van der Waals surface area contributed by atoms with Crippen molar-refractivity contribution >= 4 is 30.5 Å². The summed E-state index contributed by atoms with van der Waals surface area (Å²) in [4.78, 5) is 12.7. The van der Waals surface area contributed by atoms with Crippen LogP contribution in [0.25, 0.3) is 10.4 Å². The van der Waals surface area contributed by atoms with Crippen molar-refractivity contribution in [3.05, 3.63) is 40.8 Å². The topological polar surface area (TPSA) is 75.6 Å². The average Bonchev–Trinajstić information content (AvgIpc) is 3.06. The minimum Gasteiger partial charge on any atom is -0.477 e. The molecule has 3 rings (SSSR count). The van der Waals surface area contributed by atoms with Crippen molar-refractivity contribution in [2.45, 2.75) is 45.2 Å². The molecule has 0 amide bonds. The Morgan fingerprint density at radius 2 is 1.85 bits per heavy atom. The Labute approximate surface area is 164 Å². The molecule has 2 N–H and O–H groups in total. The molecule has 1 unspecified atom stereocenters. The Morgan fingerprint density at radius 1 is 1.22 bits per heavy atom. The molecule has 1 heterocycles. The predicted molar refractivity (Wildman–Crippen MR) is 111 cm³/mol. The molecule has 1 saturated carbocycles. The number of carboxylic acids is 1. The van der Waals surface area contributed by atoms with E-state index in [2.05, 4.69) is 12.0 Å². The summed E-state index contributed by atoms with van der Waals surface area (Å²) in [6.07, 6.45) is 3.70. The normalized spacial score (nSPS) is 22.2. The molecule has 146 valence electrons. The molecule has 1 aromatic heterocycles. The average molecular weight is 407 g/mol. The third-order valence-electron chi connectivity index (χ3n) is 5.28. The summed E-state index contributed by atoms with van der Waals surface area (Å²) in [7, 11) is -1.74. The molecule has 0 aliphatic heterocycles. The zero-order chi connectivity index (χ0) is 19.6. The van der Waals surface area contributed by atoms with E-state index in [1.165, 1.54) is 18.4 Å². The van der Waals surface area contributed by atoms with Crippen molar-refractivity contribution in [2.24, 2.45) is 5.92 Å². The van der Waals surface area contributed by atoms with Crippen molar-refractivity contribution in [1.29, 1.82) is 0 Å². The number of rotatable bonds is 6. The number of hydrogen-bond donors (Lipinski definition) is 2. The number of thiophene rings is 1. The van der Waals surface area contributed by atoms with E-state index in [9.17, 15) is 14.5 Å². The third kappa shape index (κ3) is 4.45. The van der Waals surface area contributed by atoms with Gasteiger partial charge in [-0.25, -0.2) is 4.79 Å². The highest BCUT2D eigenvalue weighted by Gasteiger charge is 2.37. The van der Waals surface area contributed by atoms with E-state index < -0.39 is 13.5 Å². The molecule has 27 heavy (non-hydrogen) atoms. The smallest absolute Gasteiger partial charge is 0.348 e. The van der Waals surface area contributed by atoms with Crippen LogP contribution in [-0.4, -0.2) is 23.8 Å². The van der Waals surface area contributed by atoms with Gasteiger partial charge in [-0.15, -0.1) is 11.3 Å². The molecule has 7 heteroatoms. The van der Waals surface area contributed by atoms with Gasteiger partial charge in [-0.3, -0.25) is 4.57 Å². The highest BCUT2D eigenvalue weighted by Crippen LogP contribution is 2.57. The first-order valence-corrected chi connectivity index (χ1v) is 11.7. The van der Waals surface area contributed by atoms with Crippen LogP contribution in [0.1, 0.15) is 47.8 Å². The molecule has 1 aromatic carbocycles. The Hall–Kier alpha value is -1.62. The molecular formula is C20H26NO4PS. The summed E-state index contributed by atoms with van der Waals surface area (Å²) in [5, 5.41) is 12.6. The highest BCUT2D eigenvalue weighted by atomic mass is 32.1. The van der Waals surface area contributed by atoms with E-state index >= 15 is 0 Å². The molecule has 1 fully saturated rings. The maximum Gasteiger partial charge on any atom is 0.348 e. The lowest BCUT2D eigenvalue weighted by molar-refractivity contribution is 0.0703. The first-order chi connectivity index (χ1) is 12.8. The number of carbonyl (C=O) groups is 1. The van der Waals surface area contributed by atoms with Crippen molar-refractivity contribution < 1.29 is 19.0 Å². The maximum atomic E-state index is 13.5. The third-order valence-corrected chi connectivity index (χ3v) is 9.02. The summed E-state index contributed by atoms with van der Waals surface area (Å²) in [6.45, 7) is 4.21. The van der Waals surface area contributed by atoms with Crippen LogP contribution in [0, 0.1) is 12.8 Å². The van der Waals surface area contributed by atoms with Gasteiger partial charge >= 0.3 is 5.97 Å². The second kappa shape index (κ2) is 8.17. The number of nitrogens with one attached hydrogen (secondary N) is 1. The molecule has 1 aliphatic rings. The van der Waals surface area contributed by atoms with Gasteiger partial charge in [-0.2, -0.15) is 0 Å². The first-order valence-electron chi connectivity index (χ1n) is 9.20. The van der Waals surface area contributed by atoms with Gasteiger partial charge in [-0.05, 0) is 50.2 Å². The summed E-state index contributed by atoms with van der Waals surface area (Å²) in [5.41, 5.74) is 2.39. The quantitative estimate of drug-likeness (QED) is 0.554. The SMILES string of the molecule is COP(=O)(Nc1cc(-c2ccc(C)cc2)sc1C(=O)O)C1CCC(C)CC1. The molecule has 0 radical (unpaired) electrons. The highest BCUT2D eigenvalue weighted by molar-refractivity contribution is 7.61. The zero-order valence-corrected chi connectivity index (χ0v) is 17.6. The van der Waals surface area contributed by atoms with Crippen molar-refractivity contribution in [3.63, 3.8) is 0 Å². The summed E-state index contributed by atoms with van der Waals surface area (Å²) < 4.78 is 18.9. The van der Waals surface area contributed by atoms with Crippen LogP contribution in [0.2, 0.25) is 0 Å². The lowest BCUT2D eigenvalue weighted by Crippen LogP contribution is -2.22. The van der Waals surface area contributed by atoms with Crippen LogP contribution in [0.3, 0.4) is 0 Å². The minimum absolute atomic E-state index is 0.0805. The Kier molecular flexibility index (Phi) is 6.09. The van der Waals surface area contributed by atoms with Crippen LogP contribution in [0.15, 0.2) is 30.3 Å². The molecular weight excluding hydrogens is 381 g/mol. The van der Waals surface area contributed by atoms with E-state index in [1.54, 1.807) is 6.07 Å². The van der Waals surface area contributed by atoms with Gasteiger partial charge < -0.3 is 14.7 Å². The fourth-order valence-electron chi connectivity index (χ4n) is 3.53. The van der Waals surface area contributed by atoms with E-state index in [0.29, 0.717) is 11.6 Å². The van der Waals surface area contributed by atoms with E-state index in [-0.39, 0.29) is 10.5 Å². The first kappa shape index (κ1) is 20.1. The van der Waals surface area contributed by atoms with Crippen molar-refractivity contribution in [1.82, 2.24) is 0 Å². The van der Waals surface area contributed by atoms with Crippen LogP contribution >= 0.6 is 18.9 Å². The Bertz CT molecular complexity index is 853.